The molecule has 9 nitrogen and oxygen atoms in total. The van der Waals surface area contributed by atoms with E-state index in [1.807, 2.05) is 18.3 Å². The van der Waals surface area contributed by atoms with Crippen LogP contribution >= 0.6 is 0 Å². The third-order valence-corrected chi connectivity index (χ3v) is 8.20. The number of hydrogen-bond acceptors (Lipinski definition) is 6. The van der Waals surface area contributed by atoms with Crippen LogP contribution < -0.4 is 10.6 Å². The first-order chi connectivity index (χ1) is 19.3. The van der Waals surface area contributed by atoms with Crippen LogP contribution in [0.5, 0.6) is 0 Å². The lowest BCUT2D eigenvalue weighted by atomic mass is 9.83. The van der Waals surface area contributed by atoms with Gasteiger partial charge in [-0.15, -0.1) is 0 Å². The number of halogens is 2. The third-order valence-electron chi connectivity index (χ3n) is 8.20. The first kappa shape index (κ1) is 27.7. The largest absolute Gasteiger partial charge is 0.466 e. The Morgan fingerprint density at radius 3 is 2.52 bits per heavy atom. The molecule has 1 saturated carbocycles. The zero-order valence-corrected chi connectivity index (χ0v) is 22.5. The molecule has 2 unspecified atom stereocenters. The van der Waals surface area contributed by atoms with Gasteiger partial charge in [0.1, 0.15) is 6.04 Å². The molecule has 3 heterocycles. The standard InChI is InChI=1S/C29H33F2N5O4/c1-17-25(27(37)40-2)26(19-8-11-22(30)23(31)15-19)36(28(38)33-17)29(39)34-20-12-14-35(16-20)21-9-6-18(7-10-21)24-5-3-4-13-32-24/h3-5,8,11,13,15,18,20-21,26H,6-7,9-10,12,14,16H2,1-2H3,(H,33,38)(H,34,39). The second-order valence-corrected chi connectivity index (χ2v) is 10.6. The highest BCUT2D eigenvalue weighted by molar-refractivity contribution is 6.01. The van der Waals surface area contributed by atoms with E-state index in [-0.39, 0.29) is 22.9 Å². The van der Waals surface area contributed by atoms with Gasteiger partial charge in [-0.3, -0.25) is 9.88 Å². The van der Waals surface area contributed by atoms with E-state index in [0.29, 0.717) is 24.9 Å². The van der Waals surface area contributed by atoms with Crippen molar-refractivity contribution in [2.75, 3.05) is 20.2 Å². The van der Waals surface area contributed by atoms with Gasteiger partial charge in [-0.1, -0.05) is 12.1 Å². The summed E-state index contributed by atoms with van der Waals surface area (Å²) in [6, 6.07) is 6.45. The maximum atomic E-state index is 14.2. The number of methoxy groups -OCH3 is 1. The van der Waals surface area contributed by atoms with Crippen LogP contribution in [-0.2, 0) is 9.53 Å². The van der Waals surface area contributed by atoms with Crippen molar-refractivity contribution in [1.29, 1.82) is 0 Å². The molecule has 0 spiro atoms. The summed E-state index contributed by atoms with van der Waals surface area (Å²) >= 11 is 0. The number of ether oxygens (including phenoxy) is 1. The molecule has 2 N–H and O–H groups in total. The van der Waals surface area contributed by atoms with E-state index in [2.05, 4.69) is 26.6 Å². The SMILES string of the molecule is COC(=O)C1=C(C)NC(=O)N(C(=O)NC2CCN(C3CCC(c4ccccn4)CC3)C2)C1c1ccc(F)c(F)c1. The van der Waals surface area contributed by atoms with Gasteiger partial charge in [0.05, 0.1) is 12.7 Å². The average molecular weight is 554 g/mol. The lowest BCUT2D eigenvalue weighted by Gasteiger charge is -2.37. The van der Waals surface area contributed by atoms with E-state index in [4.69, 9.17) is 4.74 Å². The zero-order valence-electron chi connectivity index (χ0n) is 22.5. The van der Waals surface area contributed by atoms with Crippen LogP contribution in [0.3, 0.4) is 0 Å². The fourth-order valence-electron chi connectivity index (χ4n) is 6.16. The van der Waals surface area contributed by atoms with Crippen molar-refractivity contribution in [1.82, 2.24) is 25.4 Å². The Morgan fingerprint density at radius 1 is 1.07 bits per heavy atom. The molecule has 3 aliphatic rings. The number of nitrogens with zero attached hydrogens (tertiary/aromatic N) is 3. The first-order valence-corrected chi connectivity index (χ1v) is 13.6. The average Bonchev–Trinajstić information content (AvgIpc) is 3.42. The summed E-state index contributed by atoms with van der Waals surface area (Å²) in [6.07, 6.45) is 6.74. The van der Waals surface area contributed by atoms with E-state index >= 15 is 0 Å². The molecule has 212 valence electrons. The highest BCUT2D eigenvalue weighted by atomic mass is 19.2. The molecule has 0 radical (unpaired) electrons. The minimum absolute atomic E-state index is 0.0408. The molecule has 1 aromatic carbocycles. The molecule has 2 aromatic rings. The van der Waals surface area contributed by atoms with E-state index in [0.717, 1.165) is 55.0 Å². The molecule has 2 aliphatic heterocycles. The van der Waals surface area contributed by atoms with Gasteiger partial charge in [0.15, 0.2) is 11.6 Å². The van der Waals surface area contributed by atoms with Crippen molar-refractivity contribution < 1.29 is 27.9 Å². The number of benzene rings is 1. The highest BCUT2D eigenvalue weighted by Crippen LogP contribution is 2.36. The quantitative estimate of drug-likeness (QED) is 0.533. The van der Waals surface area contributed by atoms with Crippen LogP contribution in [0.4, 0.5) is 18.4 Å². The number of hydrogen-bond donors (Lipinski definition) is 2. The summed E-state index contributed by atoms with van der Waals surface area (Å²) in [4.78, 5) is 47.0. The summed E-state index contributed by atoms with van der Waals surface area (Å²) in [5, 5.41) is 5.46. The number of imide groups is 1. The van der Waals surface area contributed by atoms with Gasteiger partial charge >= 0.3 is 18.0 Å². The number of pyridine rings is 1. The van der Waals surface area contributed by atoms with Gasteiger partial charge < -0.3 is 15.4 Å². The van der Waals surface area contributed by atoms with Crippen molar-refractivity contribution in [2.24, 2.45) is 0 Å². The van der Waals surface area contributed by atoms with Gasteiger partial charge in [-0.2, -0.15) is 0 Å². The Kier molecular flexibility index (Phi) is 8.11. The van der Waals surface area contributed by atoms with Crippen molar-refractivity contribution in [3.05, 3.63) is 76.8 Å². The van der Waals surface area contributed by atoms with Crippen molar-refractivity contribution in [3.63, 3.8) is 0 Å². The molecule has 0 bridgehead atoms. The van der Waals surface area contributed by atoms with Gasteiger partial charge in [-0.05, 0) is 68.9 Å². The first-order valence-electron chi connectivity index (χ1n) is 13.6. The van der Waals surface area contributed by atoms with Gasteiger partial charge in [-0.25, -0.2) is 28.1 Å². The van der Waals surface area contributed by atoms with Crippen molar-refractivity contribution in [2.45, 2.75) is 63.1 Å². The fraction of sp³-hybridized carbons (Fsp3) is 0.448. The lowest BCUT2D eigenvalue weighted by molar-refractivity contribution is -0.136. The normalized spacial score (nSPS) is 25.5. The number of allylic oxidation sites excluding steroid dienone is 1. The molecule has 2 fully saturated rings. The van der Waals surface area contributed by atoms with Gasteiger partial charge in [0, 0.05) is 48.7 Å². The Hall–Kier alpha value is -3.86. The number of nitrogens with one attached hydrogen (secondary N) is 2. The number of aromatic nitrogens is 1. The zero-order chi connectivity index (χ0) is 28.4. The number of likely N-dealkylation sites (tertiary alicyclic amines) is 1. The van der Waals surface area contributed by atoms with Crippen molar-refractivity contribution >= 4 is 18.0 Å². The van der Waals surface area contributed by atoms with Gasteiger partial charge in [0.25, 0.3) is 0 Å². The molecule has 2 atom stereocenters. The number of urea groups is 2. The van der Waals surface area contributed by atoms with E-state index in [9.17, 15) is 23.2 Å². The van der Waals surface area contributed by atoms with Gasteiger partial charge in [0.2, 0.25) is 0 Å². The maximum Gasteiger partial charge on any atom is 0.337 e. The highest BCUT2D eigenvalue weighted by Gasteiger charge is 2.43. The summed E-state index contributed by atoms with van der Waals surface area (Å²) < 4.78 is 32.8. The number of esters is 1. The predicted octanol–water partition coefficient (Wildman–Crippen LogP) is 4.38. The Morgan fingerprint density at radius 2 is 1.85 bits per heavy atom. The molecular formula is C29H33F2N5O4. The minimum atomic E-state index is -1.30. The monoisotopic (exact) mass is 553 g/mol. The van der Waals surface area contributed by atoms with E-state index in [1.54, 1.807) is 0 Å². The van der Waals surface area contributed by atoms with Crippen LogP contribution in [0.2, 0.25) is 0 Å². The number of rotatable bonds is 5. The minimum Gasteiger partial charge on any atom is -0.466 e. The van der Waals surface area contributed by atoms with E-state index < -0.39 is 35.7 Å². The molecule has 11 heteroatoms. The van der Waals surface area contributed by atoms with Crippen LogP contribution in [0.1, 0.15) is 62.2 Å². The molecule has 40 heavy (non-hydrogen) atoms. The smallest absolute Gasteiger partial charge is 0.337 e. The Labute approximate surface area is 231 Å². The maximum absolute atomic E-state index is 14.2. The summed E-state index contributed by atoms with van der Waals surface area (Å²) in [5.74, 6) is -2.57. The third kappa shape index (κ3) is 5.56. The fourth-order valence-corrected chi connectivity index (χ4v) is 6.16. The second kappa shape index (κ2) is 11.7. The summed E-state index contributed by atoms with van der Waals surface area (Å²) in [7, 11) is 1.17. The molecule has 5 rings (SSSR count). The Bertz CT molecular complexity index is 1310. The van der Waals surface area contributed by atoms with E-state index in [1.165, 1.54) is 20.1 Å². The summed E-state index contributed by atoms with van der Waals surface area (Å²) in [5.41, 5.74) is 1.34. The molecule has 4 amide bonds. The predicted molar refractivity (Wildman–Crippen MR) is 142 cm³/mol. The van der Waals surface area contributed by atoms with Crippen LogP contribution in [0.15, 0.2) is 53.9 Å². The lowest BCUT2D eigenvalue weighted by Crippen LogP contribution is -2.56. The van der Waals surface area contributed by atoms with Crippen LogP contribution in [0.25, 0.3) is 0 Å². The summed E-state index contributed by atoms with van der Waals surface area (Å²) in [6.45, 7) is 2.94. The number of carbonyl (C=O) groups is 3. The Balaban J connectivity index is 1.28. The topological polar surface area (TPSA) is 104 Å². The molecule has 1 aromatic heterocycles. The van der Waals surface area contributed by atoms with Crippen LogP contribution in [-0.4, -0.2) is 65.1 Å². The number of amides is 4. The molecule has 1 saturated heterocycles. The van der Waals surface area contributed by atoms with Crippen molar-refractivity contribution in [3.8, 4) is 0 Å². The molecule has 1 aliphatic carbocycles. The molecular weight excluding hydrogens is 520 g/mol. The van der Waals surface area contributed by atoms with Crippen LogP contribution in [0, 0.1) is 11.6 Å². The number of carbonyl (C=O) groups excluding carboxylic acids is 3. The second-order valence-electron chi connectivity index (χ2n) is 10.6.